The van der Waals surface area contributed by atoms with Gasteiger partial charge in [-0.05, 0) is 127 Å². The maximum Gasteiger partial charge on any atom is 0.316 e. The summed E-state index contributed by atoms with van der Waals surface area (Å²) in [6, 6.07) is -1.74. The second kappa shape index (κ2) is 52.1. The van der Waals surface area contributed by atoms with Gasteiger partial charge in [-0.25, -0.2) is 0 Å². The van der Waals surface area contributed by atoms with Gasteiger partial charge in [0, 0.05) is 178 Å². The van der Waals surface area contributed by atoms with Gasteiger partial charge in [0.25, 0.3) is 0 Å². The van der Waals surface area contributed by atoms with E-state index in [1.807, 2.05) is 6.92 Å². The minimum atomic E-state index is -0.872. The van der Waals surface area contributed by atoms with Crippen molar-refractivity contribution in [2.45, 2.75) is 129 Å². The summed E-state index contributed by atoms with van der Waals surface area (Å²) in [5, 5.41) is 16.6. The summed E-state index contributed by atoms with van der Waals surface area (Å²) in [7, 11) is 9.01. The van der Waals surface area contributed by atoms with Crippen molar-refractivity contribution in [3.63, 3.8) is 0 Å². The Morgan fingerprint density at radius 3 is 0.828 bits per heavy atom. The normalized spacial score (nSPS) is 15.9. The SMILES string of the molecule is CC(=O)N1CCCN(C(=O)Cl)CCN(C(=O)Cl)CCCN(C(=O)Cl)CC1.CNC(=O)CCC(C)C(=O)NC.CNC(=O)CCC(NC(=O)CCC(C)C(=O)NC(CCC(=O)NC)C(=O)NC)C(=O)NC.O=C(Cl)N1CCCCCCN(C(=O)Cl)CCN(C(=O)Cl)CCC1. The number of carbonyl (C=O) groups excluding carboxylic acids is 15. The van der Waals surface area contributed by atoms with Gasteiger partial charge in [-0.2, -0.15) is 0 Å². The number of amides is 15. The summed E-state index contributed by atoms with van der Waals surface area (Å²) in [6.45, 7) is 10.0. The fourth-order valence-corrected chi connectivity index (χ4v) is 9.80. The van der Waals surface area contributed by atoms with Crippen molar-refractivity contribution >= 4 is 155 Å². The lowest BCUT2D eigenvalue weighted by Crippen LogP contribution is -2.48. The standard InChI is InChI=1S/C20H36N6O6.C15H23Cl3N4O4.C14H22Cl3N3O3.C8H16N2O2/c1-12(18(30)26-14(20(32)24-5)8-11-16(28)22-3)6-9-17(29)25-13(19(31)23-4)7-10-15(27)21-2;1-12(23)19-4-2-5-21(14(17)25)10-11-22(15(18)26)7-3-6-20(9-8-19)13(16)24;15-12(21)18-6-3-1-2-4-7-19(13(16)22)10-11-20(14(17)23)9-5-8-18;1-6(8(12)10-3)4-5-7(11)9-2/h12-14H,6-11H2,1-5H3,(H,21,27)(H,22,28)(H,23,31)(H,24,32)(H,25,29)(H,26,30);2-11H2,1H3;1-11H2;6H,4-5H2,1-3H3,(H,9,11)(H,10,12). The molecule has 532 valence electrons. The molecular weight excluding hydrogens is 1350 g/mol. The third-order valence-corrected chi connectivity index (χ3v) is 16.1. The Bertz CT molecular complexity index is 2340. The van der Waals surface area contributed by atoms with E-state index in [0.717, 1.165) is 25.7 Å². The summed E-state index contributed by atoms with van der Waals surface area (Å²) < 4.78 is 0. The largest absolute Gasteiger partial charge is 0.359 e. The molecule has 0 bridgehead atoms. The molecule has 2 aliphatic heterocycles. The molecule has 0 saturated carbocycles. The molecule has 0 aromatic heterocycles. The molecule has 2 rings (SSSR count). The maximum absolute atomic E-state index is 12.5. The Balaban J connectivity index is 0. The monoisotopic (exact) mass is 1440 g/mol. The predicted octanol–water partition coefficient (Wildman–Crippen LogP) is 4.36. The quantitative estimate of drug-likeness (QED) is 0.0698. The van der Waals surface area contributed by atoms with E-state index in [1.165, 1.54) is 59.6 Å². The van der Waals surface area contributed by atoms with Crippen LogP contribution in [0.15, 0.2) is 0 Å². The van der Waals surface area contributed by atoms with E-state index < -0.39 is 73.8 Å². The van der Waals surface area contributed by atoms with E-state index in [4.69, 9.17) is 69.6 Å². The highest BCUT2D eigenvalue weighted by Crippen LogP contribution is 2.14. The molecule has 0 aromatic carbocycles. The van der Waals surface area contributed by atoms with Gasteiger partial charge in [0.15, 0.2) is 0 Å². The zero-order chi connectivity index (χ0) is 71.2. The maximum atomic E-state index is 12.5. The lowest BCUT2D eigenvalue weighted by molar-refractivity contribution is -0.132. The number of nitrogens with one attached hydrogen (secondary N) is 8. The van der Waals surface area contributed by atoms with Crippen LogP contribution in [-0.2, 0) is 43.2 Å². The minimum absolute atomic E-state index is 0.0149. The van der Waals surface area contributed by atoms with Crippen molar-refractivity contribution in [2.24, 2.45) is 11.8 Å². The van der Waals surface area contributed by atoms with Crippen LogP contribution in [0.1, 0.15) is 117 Å². The van der Waals surface area contributed by atoms with Crippen LogP contribution in [0, 0.1) is 11.8 Å². The number of likely N-dealkylation sites (N-methyl/N-ethyl adjacent to an activating group) is 2. The molecule has 0 spiro atoms. The third-order valence-electron chi connectivity index (χ3n) is 14.7. The summed E-state index contributed by atoms with van der Waals surface area (Å²) in [6.07, 6.45) is 6.71. The van der Waals surface area contributed by atoms with Gasteiger partial charge in [-0.3, -0.25) is 71.9 Å². The Kier molecular flexibility index (Phi) is 49.8. The van der Waals surface area contributed by atoms with E-state index in [2.05, 4.69) is 42.5 Å². The van der Waals surface area contributed by atoms with Crippen LogP contribution >= 0.6 is 69.6 Å². The summed E-state index contributed by atoms with van der Waals surface area (Å²) in [5.41, 5.74) is 0. The number of carbonyl (C=O) groups is 15. The zero-order valence-corrected chi connectivity index (χ0v) is 59.4. The predicted molar refractivity (Wildman–Crippen MR) is 355 cm³/mol. The lowest BCUT2D eigenvalue weighted by Gasteiger charge is -2.30. The molecule has 93 heavy (non-hydrogen) atoms. The Morgan fingerprint density at radius 1 is 0.290 bits per heavy atom. The van der Waals surface area contributed by atoms with Crippen LogP contribution in [0.2, 0.25) is 0 Å². The molecule has 0 radical (unpaired) electrons. The van der Waals surface area contributed by atoms with Crippen LogP contribution < -0.4 is 42.5 Å². The third kappa shape index (κ3) is 42.0. The first-order valence-corrected chi connectivity index (χ1v) is 32.9. The van der Waals surface area contributed by atoms with Gasteiger partial charge in [-0.15, -0.1) is 0 Å². The fourth-order valence-electron chi connectivity index (χ4n) is 8.79. The van der Waals surface area contributed by atoms with Crippen LogP contribution in [0.5, 0.6) is 0 Å². The van der Waals surface area contributed by atoms with E-state index >= 15 is 0 Å². The van der Waals surface area contributed by atoms with Crippen molar-refractivity contribution in [3.05, 3.63) is 0 Å². The summed E-state index contributed by atoms with van der Waals surface area (Å²) in [5.74, 6) is -3.03. The molecule has 8 N–H and O–H groups in total. The van der Waals surface area contributed by atoms with Crippen LogP contribution in [0.3, 0.4) is 0 Å². The zero-order valence-electron chi connectivity index (χ0n) is 54.8. The molecule has 15 amide bonds. The molecule has 0 aromatic rings. The smallest absolute Gasteiger partial charge is 0.316 e. The number of hydrogen-bond donors (Lipinski definition) is 8. The number of halogens is 6. The summed E-state index contributed by atoms with van der Waals surface area (Å²) in [4.78, 5) is 184. The van der Waals surface area contributed by atoms with Crippen molar-refractivity contribution in [3.8, 4) is 0 Å². The lowest BCUT2D eigenvalue weighted by atomic mass is 10.0. The Labute approximate surface area is 575 Å². The fraction of sp³-hybridized carbons (Fsp3) is 0.737. The van der Waals surface area contributed by atoms with Gasteiger partial charge in [0.2, 0.25) is 53.2 Å². The highest BCUT2D eigenvalue weighted by atomic mass is 35.5. The topological polar surface area (TPSA) is 375 Å². The molecule has 4 unspecified atom stereocenters. The molecule has 0 aliphatic carbocycles. The minimum Gasteiger partial charge on any atom is -0.359 e. The van der Waals surface area contributed by atoms with Crippen molar-refractivity contribution in [1.29, 1.82) is 0 Å². The van der Waals surface area contributed by atoms with Gasteiger partial charge < -0.3 is 76.8 Å². The molecule has 30 nitrogen and oxygen atoms in total. The number of hydrogen-bond acceptors (Lipinski definition) is 15. The molecule has 2 saturated heterocycles. The first kappa shape index (κ1) is 88.8. The highest BCUT2D eigenvalue weighted by Gasteiger charge is 2.27. The van der Waals surface area contributed by atoms with Gasteiger partial charge in [-0.1, -0.05) is 26.7 Å². The molecule has 2 aliphatic rings. The number of nitrogens with zero attached hydrogens (tertiary/aromatic N) is 7. The Morgan fingerprint density at radius 2 is 0.538 bits per heavy atom. The first-order valence-electron chi connectivity index (χ1n) is 30.6. The van der Waals surface area contributed by atoms with Crippen molar-refractivity contribution < 1.29 is 71.9 Å². The summed E-state index contributed by atoms with van der Waals surface area (Å²) >= 11 is 33.5. The second-order valence-corrected chi connectivity index (χ2v) is 23.4. The van der Waals surface area contributed by atoms with Gasteiger partial charge in [0.05, 0.1) is 0 Å². The molecule has 2 heterocycles. The molecule has 4 atom stereocenters. The Hall–Kier alpha value is -6.21. The van der Waals surface area contributed by atoms with Gasteiger partial charge in [0.1, 0.15) is 12.1 Å². The van der Waals surface area contributed by atoms with E-state index in [-0.39, 0.29) is 93.6 Å². The first-order chi connectivity index (χ1) is 43.8. The average molecular weight is 1450 g/mol. The van der Waals surface area contributed by atoms with E-state index in [1.54, 1.807) is 30.8 Å². The molecular formula is C57H97Cl6N15O15. The second-order valence-electron chi connectivity index (χ2n) is 21.4. The van der Waals surface area contributed by atoms with Crippen LogP contribution in [0.25, 0.3) is 0 Å². The number of rotatable bonds is 18. The van der Waals surface area contributed by atoms with Crippen LogP contribution in [0.4, 0.5) is 28.8 Å². The van der Waals surface area contributed by atoms with E-state index in [9.17, 15) is 71.9 Å². The van der Waals surface area contributed by atoms with Gasteiger partial charge >= 0.3 is 32.2 Å². The molecule has 2 fully saturated rings. The van der Waals surface area contributed by atoms with Crippen LogP contribution in [-0.4, -0.2) is 266 Å². The van der Waals surface area contributed by atoms with E-state index in [0.29, 0.717) is 104 Å². The molecule has 36 heteroatoms. The van der Waals surface area contributed by atoms with Crippen molar-refractivity contribution in [2.75, 3.05) is 134 Å². The highest BCUT2D eigenvalue weighted by molar-refractivity contribution is 6.64. The average Bonchev–Trinajstić information content (AvgIpc) is 3.20. The van der Waals surface area contributed by atoms with Crippen molar-refractivity contribution in [1.82, 2.24) is 76.8 Å².